The van der Waals surface area contributed by atoms with E-state index in [0.717, 1.165) is 5.56 Å². The average Bonchev–Trinajstić information content (AvgIpc) is 2.30. The Balaban J connectivity index is 2.05. The van der Waals surface area contributed by atoms with E-state index in [1.165, 1.54) is 32.1 Å². The molecule has 3 N–H and O–H groups in total. The molecule has 1 aromatic carbocycles. The van der Waals surface area contributed by atoms with Crippen LogP contribution in [-0.4, -0.2) is 5.11 Å². The fourth-order valence-electron chi connectivity index (χ4n) is 2.46. The lowest BCUT2D eigenvalue weighted by Crippen LogP contribution is -2.23. The van der Waals surface area contributed by atoms with Crippen LogP contribution >= 0.6 is 0 Å². The van der Waals surface area contributed by atoms with Gasteiger partial charge in [-0.1, -0.05) is 31.4 Å². The number of nitrogens with two attached hydrogens (primary N) is 1. The van der Waals surface area contributed by atoms with Crippen LogP contribution in [0.1, 0.15) is 43.7 Å². The Bertz CT molecular complexity index is 301. The smallest absolute Gasteiger partial charge is 0.115 e. The fraction of sp³-hybridized carbons (Fsp3) is 0.538. The highest BCUT2D eigenvalue weighted by Crippen LogP contribution is 2.33. The van der Waals surface area contributed by atoms with Crippen molar-refractivity contribution >= 4 is 0 Å². The van der Waals surface area contributed by atoms with Crippen molar-refractivity contribution in [3.05, 3.63) is 29.8 Å². The van der Waals surface area contributed by atoms with Crippen LogP contribution in [0.4, 0.5) is 0 Å². The number of phenols is 1. The summed E-state index contributed by atoms with van der Waals surface area (Å²) in [6, 6.07) is 7.46. The number of phenolic OH excluding ortho intramolecular Hbond substituents is 1. The zero-order valence-electron chi connectivity index (χ0n) is 9.02. The third-order valence-electron chi connectivity index (χ3n) is 3.44. The largest absolute Gasteiger partial charge is 0.508 e. The van der Waals surface area contributed by atoms with Crippen LogP contribution in [0.15, 0.2) is 24.3 Å². The Hall–Kier alpha value is -1.02. The monoisotopic (exact) mass is 205 g/mol. The lowest BCUT2D eigenvalue weighted by molar-refractivity contribution is 0.308. The third kappa shape index (κ3) is 2.51. The molecule has 82 valence electrons. The van der Waals surface area contributed by atoms with Gasteiger partial charge in [-0.25, -0.2) is 0 Å². The summed E-state index contributed by atoms with van der Waals surface area (Å²) in [5.41, 5.74) is 7.39. The summed E-state index contributed by atoms with van der Waals surface area (Å²) in [7, 11) is 0. The van der Waals surface area contributed by atoms with Gasteiger partial charge in [0.1, 0.15) is 5.75 Å². The minimum absolute atomic E-state index is 0.144. The zero-order chi connectivity index (χ0) is 10.7. The molecule has 0 amide bonds. The number of aromatic hydroxyl groups is 1. The van der Waals surface area contributed by atoms with Gasteiger partial charge in [0.25, 0.3) is 0 Å². The van der Waals surface area contributed by atoms with Gasteiger partial charge in [-0.15, -0.1) is 0 Å². The molecular formula is C13H19NO. The van der Waals surface area contributed by atoms with Gasteiger partial charge in [0.15, 0.2) is 0 Å². The molecule has 0 saturated heterocycles. The molecule has 1 aliphatic rings. The lowest BCUT2D eigenvalue weighted by Gasteiger charge is -2.27. The van der Waals surface area contributed by atoms with E-state index < -0.39 is 0 Å². The van der Waals surface area contributed by atoms with Crippen molar-refractivity contribution in [2.75, 3.05) is 0 Å². The second-order valence-electron chi connectivity index (χ2n) is 4.52. The molecule has 0 radical (unpaired) electrons. The highest BCUT2D eigenvalue weighted by Gasteiger charge is 2.21. The molecular weight excluding hydrogens is 186 g/mol. The van der Waals surface area contributed by atoms with E-state index in [0.29, 0.717) is 11.7 Å². The summed E-state index contributed by atoms with van der Waals surface area (Å²) in [5, 5.41) is 9.21. The van der Waals surface area contributed by atoms with E-state index in [4.69, 9.17) is 5.73 Å². The van der Waals surface area contributed by atoms with Gasteiger partial charge in [0.2, 0.25) is 0 Å². The first-order valence-corrected chi connectivity index (χ1v) is 5.82. The van der Waals surface area contributed by atoms with Crippen molar-refractivity contribution in [3.8, 4) is 5.75 Å². The fourth-order valence-corrected chi connectivity index (χ4v) is 2.46. The van der Waals surface area contributed by atoms with Crippen LogP contribution in [-0.2, 0) is 0 Å². The van der Waals surface area contributed by atoms with Crippen molar-refractivity contribution < 1.29 is 5.11 Å². The first kappa shape index (κ1) is 10.5. The van der Waals surface area contributed by atoms with Crippen molar-refractivity contribution in [1.82, 2.24) is 0 Å². The molecule has 0 spiro atoms. The molecule has 0 aliphatic heterocycles. The highest BCUT2D eigenvalue weighted by molar-refractivity contribution is 5.28. The molecule has 1 saturated carbocycles. The molecule has 2 rings (SSSR count). The molecule has 1 aromatic rings. The molecule has 1 fully saturated rings. The number of hydrogen-bond donors (Lipinski definition) is 2. The van der Waals surface area contributed by atoms with Gasteiger partial charge in [0, 0.05) is 6.04 Å². The standard InChI is InChI=1S/C13H19NO/c14-13(10-4-2-1-3-5-10)11-6-8-12(15)9-7-11/h6-10,13,15H,1-5,14H2/t13-/m1/s1. The maximum Gasteiger partial charge on any atom is 0.115 e. The predicted octanol–water partition coefficient (Wildman–Crippen LogP) is 2.97. The summed E-state index contributed by atoms with van der Waals surface area (Å²) in [4.78, 5) is 0. The van der Waals surface area contributed by atoms with E-state index in [1.807, 2.05) is 12.1 Å². The third-order valence-corrected chi connectivity index (χ3v) is 3.44. The maximum atomic E-state index is 9.21. The van der Waals surface area contributed by atoms with Gasteiger partial charge >= 0.3 is 0 Å². The van der Waals surface area contributed by atoms with Gasteiger partial charge in [-0.2, -0.15) is 0 Å². The first-order valence-electron chi connectivity index (χ1n) is 5.82. The maximum absolute atomic E-state index is 9.21. The number of rotatable bonds is 2. The van der Waals surface area contributed by atoms with E-state index in [1.54, 1.807) is 12.1 Å². The Morgan fingerprint density at radius 2 is 1.67 bits per heavy atom. The molecule has 15 heavy (non-hydrogen) atoms. The Labute approximate surface area is 91.1 Å². The van der Waals surface area contributed by atoms with Crippen molar-refractivity contribution in [3.63, 3.8) is 0 Å². The van der Waals surface area contributed by atoms with Gasteiger partial charge in [-0.3, -0.25) is 0 Å². The second kappa shape index (κ2) is 4.67. The Kier molecular flexibility index (Phi) is 3.27. The van der Waals surface area contributed by atoms with Crippen molar-refractivity contribution in [1.29, 1.82) is 0 Å². The second-order valence-corrected chi connectivity index (χ2v) is 4.52. The summed E-state index contributed by atoms with van der Waals surface area (Å²) in [6.45, 7) is 0. The van der Waals surface area contributed by atoms with E-state index >= 15 is 0 Å². The van der Waals surface area contributed by atoms with Crippen LogP contribution in [0, 0.1) is 5.92 Å². The lowest BCUT2D eigenvalue weighted by atomic mass is 9.81. The summed E-state index contributed by atoms with van der Waals surface area (Å²) in [6.07, 6.45) is 6.50. The van der Waals surface area contributed by atoms with E-state index in [9.17, 15) is 5.11 Å². The van der Waals surface area contributed by atoms with Crippen LogP contribution < -0.4 is 5.73 Å². The SMILES string of the molecule is N[C@@H](c1ccc(O)cc1)C1CCCCC1. The average molecular weight is 205 g/mol. The zero-order valence-corrected chi connectivity index (χ0v) is 9.02. The van der Waals surface area contributed by atoms with Crippen molar-refractivity contribution in [2.45, 2.75) is 38.1 Å². The molecule has 1 aliphatic carbocycles. The molecule has 0 aromatic heterocycles. The molecule has 0 bridgehead atoms. The highest BCUT2D eigenvalue weighted by atomic mass is 16.3. The molecule has 0 unspecified atom stereocenters. The van der Waals surface area contributed by atoms with Gasteiger partial charge in [-0.05, 0) is 36.5 Å². The van der Waals surface area contributed by atoms with Crippen LogP contribution in [0.2, 0.25) is 0 Å². The minimum atomic E-state index is 0.144. The Morgan fingerprint density at radius 3 is 2.27 bits per heavy atom. The number of hydrogen-bond acceptors (Lipinski definition) is 2. The normalized spacial score (nSPS) is 20.1. The number of benzene rings is 1. The molecule has 0 heterocycles. The van der Waals surface area contributed by atoms with E-state index in [-0.39, 0.29) is 6.04 Å². The van der Waals surface area contributed by atoms with Gasteiger partial charge in [0.05, 0.1) is 0 Å². The minimum Gasteiger partial charge on any atom is -0.508 e. The first-order chi connectivity index (χ1) is 7.27. The van der Waals surface area contributed by atoms with Crippen LogP contribution in [0.25, 0.3) is 0 Å². The summed E-state index contributed by atoms with van der Waals surface area (Å²) >= 11 is 0. The quantitative estimate of drug-likeness (QED) is 0.779. The topological polar surface area (TPSA) is 46.2 Å². The predicted molar refractivity (Wildman–Crippen MR) is 61.6 cm³/mol. The summed E-state index contributed by atoms with van der Waals surface area (Å²) < 4.78 is 0. The summed E-state index contributed by atoms with van der Waals surface area (Å²) in [5.74, 6) is 0.942. The molecule has 2 heteroatoms. The molecule has 2 nitrogen and oxygen atoms in total. The van der Waals surface area contributed by atoms with Gasteiger partial charge < -0.3 is 10.8 Å². The van der Waals surface area contributed by atoms with E-state index in [2.05, 4.69) is 0 Å². The van der Waals surface area contributed by atoms with Crippen LogP contribution in [0.3, 0.4) is 0 Å². The Morgan fingerprint density at radius 1 is 1.07 bits per heavy atom. The van der Waals surface area contributed by atoms with Crippen molar-refractivity contribution in [2.24, 2.45) is 11.7 Å². The molecule has 1 atom stereocenters. The van der Waals surface area contributed by atoms with Crippen LogP contribution in [0.5, 0.6) is 5.75 Å².